The van der Waals surface area contributed by atoms with Crippen LogP contribution in [0.1, 0.15) is 30.1 Å². The van der Waals surface area contributed by atoms with Gasteiger partial charge in [-0.15, -0.1) is 0 Å². The Labute approximate surface area is 224 Å². The molecule has 0 bridgehead atoms. The van der Waals surface area contributed by atoms with Gasteiger partial charge < -0.3 is 30.0 Å². The van der Waals surface area contributed by atoms with E-state index in [2.05, 4.69) is 15.4 Å². The highest BCUT2D eigenvalue weighted by Crippen LogP contribution is 2.36. The lowest BCUT2D eigenvalue weighted by atomic mass is 9.99. The van der Waals surface area contributed by atoms with Crippen LogP contribution in [0.15, 0.2) is 65.8 Å². The molecule has 2 atom stereocenters. The van der Waals surface area contributed by atoms with Gasteiger partial charge in [-0.1, -0.05) is 41.6 Å². The molecule has 8 nitrogen and oxygen atoms in total. The fourth-order valence-corrected chi connectivity index (χ4v) is 4.94. The second kappa shape index (κ2) is 11.8. The third-order valence-electron chi connectivity index (χ3n) is 6.96. The van der Waals surface area contributed by atoms with Crippen LogP contribution in [0.25, 0.3) is 11.1 Å². The summed E-state index contributed by atoms with van der Waals surface area (Å²) in [7, 11) is 0. The Kier molecular flexibility index (Phi) is 8.04. The summed E-state index contributed by atoms with van der Waals surface area (Å²) in [5, 5.41) is 27.0. The van der Waals surface area contributed by atoms with Gasteiger partial charge in [-0.25, -0.2) is 8.78 Å². The molecule has 0 aromatic heterocycles. The van der Waals surface area contributed by atoms with E-state index in [9.17, 15) is 23.9 Å². The number of hydrogen-bond donors (Lipinski definition) is 3. The molecule has 39 heavy (non-hydrogen) atoms. The van der Waals surface area contributed by atoms with E-state index in [1.54, 1.807) is 36.4 Å². The third-order valence-corrected chi connectivity index (χ3v) is 6.96. The maximum absolute atomic E-state index is 14.7. The Bertz CT molecular complexity index is 1340. The van der Waals surface area contributed by atoms with Crippen molar-refractivity contribution in [3.63, 3.8) is 0 Å². The number of nitrogens with zero attached hydrogens (tertiary/aromatic N) is 2. The van der Waals surface area contributed by atoms with E-state index in [4.69, 9.17) is 9.47 Å². The van der Waals surface area contributed by atoms with Crippen LogP contribution in [0, 0.1) is 11.6 Å². The molecule has 3 N–H and O–H groups in total. The second-order valence-electron chi connectivity index (χ2n) is 9.59. The molecule has 10 heteroatoms. The number of fused-ring (bicyclic) bond motifs is 1. The summed E-state index contributed by atoms with van der Waals surface area (Å²) < 4.78 is 38.8. The lowest BCUT2D eigenvalue weighted by Crippen LogP contribution is -2.49. The van der Waals surface area contributed by atoms with Crippen molar-refractivity contribution >= 4 is 11.6 Å². The Hall–Kier alpha value is -4.02. The van der Waals surface area contributed by atoms with Crippen LogP contribution in [0.3, 0.4) is 0 Å². The van der Waals surface area contributed by atoms with Crippen LogP contribution in [-0.2, 0) is 4.79 Å². The second-order valence-corrected chi connectivity index (χ2v) is 9.59. The molecule has 0 spiro atoms. The zero-order valence-electron chi connectivity index (χ0n) is 21.1. The van der Waals surface area contributed by atoms with Gasteiger partial charge in [0, 0.05) is 12.1 Å². The minimum absolute atomic E-state index is 0.00360. The minimum atomic E-state index is -1.28. The first kappa shape index (κ1) is 26.6. The number of benzene rings is 3. The molecule has 1 fully saturated rings. The molecule has 3 aromatic rings. The average molecular weight is 538 g/mol. The summed E-state index contributed by atoms with van der Waals surface area (Å²) in [6.07, 6.45) is 0.721. The number of likely N-dealkylation sites (tertiary alicyclic amines) is 1. The number of aliphatic hydroxyl groups excluding tert-OH is 1. The predicted molar refractivity (Wildman–Crippen MR) is 140 cm³/mol. The maximum atomic E-state index is 14.7. The van der Waals surface area contributed by atoms with Crippen molar-refractivity contribution in [2.45, 2.75) is 25.0 Å². The highest BCUT2D eigenvalue weighted by atomic mass is 19.1. The van der Waals surface area contributed by atoms with Crippen LogP contribution < -0.4 is 14.8 Å². The zero-order valence-corrected chi connectivity index (χ0v) is 21.1. The van der Waals surface area contributed by atoms with E-state index in [1.165, 1.54) is 24.3 Å². The van der Waals surface area contributed by atoms with Crippen molar-refractivity contribution in [2.75, 3.05) is 32.8 Å². The summed E-state index contributed by atoms with van der Waals surface area (Å²) in [5.41, 5.74) is 1.91. The Morgan fingerprint density at radius 3 is 2.28 bits per heavy atom. The molecule has 1 saturated heterocycles. The average Bonchev–Trinajstić information content (AvgIpc) is 3.47. The maximum Gasteiger partial charge on any atom is 0.274 e. The van der Waals surface area contributed by atoms with Gasteiger partial charge in [-0.2, -0.15) is 0 Å². The Morgan fingerprint density at radius 1 is 0.974 bits per heavy atom. The predicted octanol–water partition coefficient (Wildman–Crippen LogP) is 3.90. The van der Waals surface area contributed by atoms with Crippen LogP contribution in [-0.4, -0.2) is 65.7 Å². The van der Waals surface area contributed by atoms with Gasteiger partial charge in [0.25, 0.3) is 5.91 Å². The number of nitrogens with one attached hydrogen (secondary N) is 1. The van der Waals surface area contributed by atoms with E-state index in [1.807, 2.05) is 0 Å². The molecule has 0 aliphatic carbocycles. The summed E-state index contributed by atoms with van der Waals surface area (Å²) in [5.74, 6) is -1.51. The van der Waals surface area contributed by atoms with Gasteiger partial charge in [-0.3, -0.25) is 4.79 Å². The lowest BCUT2D eigenvalue weighted by molar-refractivity contribution is -0.116. The molecular weight excluding hydrogens is 508 g/mol. The first-order valence-electron chi connectivity index (χ1n) is 12.8. The number of oxime groups is 1. The molecular formula is C29H29F2N3O5. The highest BCUT2D eigenvalue weighted by molar-refractivity contribution is 6.45. The molecule has 2 heterocycles. The number of halogens is 2. The summed E-state index contributed by atoms with van der Waals surface area (Å²) in [6.45, 7) is 2.41. The van der Waals surface area contributed by atoms with Gasteiger partial charge in [0.2, 0.25) is 0 Å². The van der Waals surface area contributed by atoms with Crippen molar-refractivity contribution in [3.05, 3.63) is 83.4 Å². The number of rotatable bonds is 8. The monoisotopic (exact) mass is 537 g/mol. The molecule has 0 radical (unpaired) electrons. The molecule has 204 valence electrons. The van der Waals surface area contributed by atoms with Crippen molar-refractivity contribution < 1.29 is 33.4 Å². The van der Waals surface area contributed by atoms with E-state index in [-0.39, 0.29) is 41.8 Å². The molecule has 2 aliphatic rings. The molecule has 1 amide bonds. The van der Waals surface area contributed by atoms with Crippen molar-refractivity contribution in [1.82, 2.24) is 10.2 Å². The third kappa shape index (κ3) is 6.02. The van der Waals surface area contributed by atoms with Crippen molar-refractivity contribution in [2.24, 2.45) is 5.16 Å². The van der Waals surface area contributed by atoms with Gasteiger partial charge in [-0.05, 0) is 66.9 Å². The highest BCUT2D eigenvalue weighted by Gasteiger charge is 2.30. The lowest BCUT2D eigenvalue weighted by Gasteiger charge is -2.29. The molecule has 5 rings (SSSR count). The van der Waals surface area contributed by atoms with E-state index < -0.39 is 23.9 Å². The first-order chi connectivity index (χ1) is 18.9. The summed E-state index contributed by atoms with van der Waals surface area (Å²) >= 11 is 0. The standard InChI is InChI=1S/C29H29F2N3O5/c30-22-9-7-19(8-10-22)18-3-5-20(6-4-18)26(33-37)29(36)32-24(17-34-11-1-2-12-34)27(35)21-15-23(31)28-25(16-21)38-13-14-39-28/h3-10,15-16,24,27,35,37H,1-2,11-14,17H2,(H,32,36)/b33-26+/t24-,27-/m1/s1. The number of hydrogen-bond acceptors (Lipinski definition) is 7. The summed E-state index contributed by atoms with van der Waals surface area (Å²) in [6, 6.07) is 14.6. The van der Waals surface area contributed by atoms with Crippen LogP contribution in [0.4, 0.5) is 8.78 Å². The van der Waals surface area contributed by atoms with Crippen LogP contribution >= 0.6 is 0 Å². The van der Waals surface area contributed by atoms with Crippen molar-refractivity contribution in [3.8, 4) is 22.6 Å². The smallest absolute Gasteiger partial charge is 0.274 e. The van der Waals surface area contributed by atoms with E-state index in [0.717, 1.165) is 37.1 Å². The number of amides is 1. The van der Waals surface area contributed by atoms with Crippen molar-refractivity contribution in [1.29, 1.82) is 0 Å². The Balaban J connectivity index is 1.36. The molecule has 2 aliphatic heterocycles. The summed E-state index contributed by atoms with van der Waals surface area (Å²) in [4.78, 5) is 15.4. The van der Waals surface area contributed by atoms with Gasteiger partial charge in [0.1, 0.15) is 25.1 Å². The van der Waals surface area contributed by atoms with Gasteiger partial charge in [0.05, 0.1) is 6.04 Å². The SMILES string of the molecule is O=C(N[C@H](CN1CCCC1)[C@H](O)c1cc(F)c2c(c1)OCCO2)/C(=N/O)c1ccc(-c2ccc(F)cc2)cc1. The largest absolute Gasteiger partial charge is 0.486 e. The fraction of sp³-hybridized carbons (Fsp3) is 0.310. The zero-order chi connectivity index (χ0) is 27.4. The van der Waals surface area contributed by atoms with E-state index >= 15 is 0 Å². The first-order valence-corrected chi connectivity index (χ1v) is 12.8. The topological polar surface area (TPSA) is 104 Å². The molecule has 0 unspecified atom stereocenters. The fourth-order valence-electron chi connectivity index (χ4n) is 4.94. The minimum Gasteiger partial charge on any atom is -0.486 e. The normalized spacial score (nSPS) is 17.1. The van der Waals surface area contributed by atoms with Gasteiger partial charge in [0.15, 0.2) is 23.0 Å². The van der Waals surface area contributed by atoms with Gasteiger partial charge >= 0.3 is 0 Å². The number of carbonyl (C=O) groups excluding carboxylic acids is 1. The van der Waals surface area contributed by atoms with Crippen LogP contribution in [0.2, 0.25) is 0 Å². The van der Waals surface area contributed by atoms with E-state index in [0.29, 0.717) is 12.1 Å². The molecule has 3 aromatic carbocycles. The number of carbonyl (C=O) groups is 1. The Morgan fingerprint density at radius 2 is 1.62 bits per heavy atom. The molecule has 0 saturated carbocycles. The number of ether oxygens (including phenoxy) is 2. The quantitative estimate of drug-likeness (QED) is 0.229. The van der Waals surface area contributed by atoms with Crippen LogP contribution in [0.5, 0.6) is 11.5 Å². The number of aliphatic hydroxyl groups is 1.